The summed E-state index contributed by atoms with van der Waals surface area (Å²) >= 11 is 1.45. The zero-order valence-corrected chi connectivity index (χ0v) is 20.2. The highest BCUT2D eigenvalue weighted by atomic mass is 32.2. The van der Waals surface area contributed by atoms with Gasteiger partial charge in [0, 0.05) is 28.3 Å². The molecule has 6 nitrogen and oxygen atoms in total. The molecule has 1 fully saturated rings. The third-order valence-electron chi connectivity index (χ3n) is 6.31. The van der Waals surface area contributed by atoms with Crippen LogP contribution in [-0.2, 0) is 9.59 Å². The summed E-state index contributed by atoms with van der Waals surface area (Å²) in [4.78, 5) is 27.0. The minimum Gasteiger partial charge on any atom is -0.454 e. The van der Waals surface area contributed by atoms with Gasteiger partial charge in [0.25, 0.3) is 0 Å². The first kappa shape index (κ1) is 23.3. The van der Waals surface area contributed by atoms with E-state index in [4.69, 9.17) is 9.47 Å². The Labute approximate surface area is 209 Å². The second-order valence-electron chi connectivity index (χ2n) is 8.82. The molecule has 1 atom stereocenters. The number of fused-ring (bicyclic) bond motifs is 1. The zero-order chi connectivity index (χ0) is 24.0. The second kappa shape index (κ2) is 10.9. The summed E-state index contributed by atoms with van der Waals surface area (Å²) in [5.41, 5.74) is 2.30. The van der Waals surface area contributed by atoms with Gasteiger partial charge in [-0.15, -0.1) is 11.8 Å². The number of hydrogen-bond acceptors (Lipinski definition) is 5. The molecule has 5 rings (SSSR count). The molecule has 0 radical (unpaired) electrons. The van der Waals surface area contributed by atoms with Crippen molar-refractivity contribution in [2.45, 2.75) is 42.2 Å². The number of ether oxygens (including phenoxy) is 2. The molecule has 0 spiro atoms. The molecule has 3 aromatic rings. The summed E-state index contributed by atoms with van der Waals surface area (Å²) in [6.07, 6.45) is 5.36. The summed E-state index contributed by atoms with van der Waals surface area (Å²) in [6.45, 7) is 0.183. The van der Waals surface area contributed by atoms with E-state index in [-0.39, 0.29) is 24.5 Å². The van der Waals surface area contributed by atoms with Crippen LogP contribution in [0.2, 0.25) is 0 Å². The Morgan fingerprint density at radius 2 is 1.57 bits per heavy atom. The zero-order valence-electron chi connectivity index (χ0n) is 19.4. The van der Waals surface area contributed by atoms with Gasteiger partial charge in [0.2, 0.25) is 18.6 Å². The Morgan fingerprint density at radius 3 is 2.40 bits per heavy atom. The van der Waals surface area contributed by atoms with Crippen molar-refractivity contribution in [3.05, 3.63) is 78.4 Å². The first-order valence-corrected chi connectivity index (χ1v) is 12.9. The summed E-state index contributed by atoms with van der Waals surface area (Å²) in [5.74, 6) is 1.32. The van der Waals surface area contributed by atoms with E-state index in [9.17, 15) is 9.59 Å². The maximum Gasteiger partial charge on any atom is 0.242 e. The van der Waals surface area contributed by atoms with Crippen LogP contribution in [0.4, 0.5) is 11.4 Å². The molecule has 7 heteroatoms. The lowest BCUT2D eigenvalue weighted by Crippen LogP contribution is -2.24. The molecule has 1 aliphatic heterocycles. The first-order chi connectivity index (χ1) is 17.2. The molecule has 35 heavy (non-hydrogen) atoms. The third kappa shape index (κ3) is 5.80. The minimum absolute atomic E-state index is 0.0876. The Balaban J connectivity index is 1.32. The summed E-state index contributed by atoms with van der Waals surface area (Å²) in [6, 6.07) is 22.8. The average Bonchev–Trinajstić information content (AvgIpc) is 3.36. The van der Waals surface area contributed by atoms with Gasteiger partial charge in [-0.1, -0.05) is 55.7 Å². The highest BCUT2D eigenvalue weighted by Crippen LogP contribution is 2.39. The van der Waals surface area contributed by atoms with Crippen molar-refractivity contribution in [2.24, 2.45) is 5.92 Å². The number of anilines is 2. The van der Waals surface area contributed by atoms with Gasteiger partial charge < -0.3 is 20.1 Å². The highest BCUT2D eigenvalue weighted by Gasteiger charge is 2.24. The molecule has 3 aromatic carbocycles. The van der Waals surface area contributed by atoms with Gasteiger partial charge in [0.05, 0.1) is 0 Å². The normalized spacial score (nSPS) is 15.9. The number of carbonyl (C=O) groups is 2. The predicted octanol–water partition coefficient (Wildman–Crippen LogP) is 6.41. The summed E-state index contributed by atoms with van der Waals surface area (Å²) in [5, 5.41) is 5.61. The van der Waals surface area contributed by atoms with Crippen molar-refractivity contribution in [3.8, 4) is 11.5 Å². The van der Waals surface area contributed by atoms with Crippen molar-refractivity contribution in [1.82, 2.24) is 0 Å². The highest BCUT2D eigenvalue weighted by molar-refractivity contribution is 8.00. The molecule has 0 aromatic heterocycles. The molecule has 1 saturated carbocycles. The fourth-order valence-corrected chi connectivity index (χ4v) is 5.56. The summed E-state index contributed by atoms with van der Waals surface area (Å²) < 4.78 is 10.8. The van der Waals surface area contributed by atoms with Crippen molar-refractivity contribution in [1.29, 1.82) is 0 Å². The third-order valence-corrected chi connectivity index (χ3v) is 7.56. The number of benzene rings is 3. The van der Waals surface area contributed by atoms with Gasteiger partial charge in [0.1, 0.15) is 5.25 Å². The van der Waals surface area contributed by atoms with Crippen LogP contribution in [0.15, 0.2) is 77.7 Å². The number of carbonyl (C=O) groups excluding carboxylic acids is 2. The van der Waals surface area contributed by atoms with Crippen LogP contribution in [0, 0.1) is 5.92 Å². The maximum absolute atomic E-state index is 13.4. The van der Waals surface area contributed by atoms with Gasteiger partial charge in [-0.05, 0) is 48.7 Å². The molecule has 2 N–H and O–H groups in total. The van der Waals surface area contributed by atoms with Crippen LogP contribution in [0.25, 0.3) is 0 Å². The Hall–Kier alpha value is -3.45. The van der Waals surface area contributed by atoms with E-state index in [2.05, 4.69) is 10.6 Å². The van der Waals surface area contributed by atoms with E-state index in [0.29, 0.717) is 17.2 Å². The van der Waals surface area contributed by atoms with Gasteiger partial charge in [-0.3, -0.25) is 9.59 Å². The lowest BCUT2D eigenvalue weighted by molar-refractivity contribution is -0.120. The number of amides is 2. The van der Waals surface area contributed by atoms with Crippen molar-refractivity contribution < 1.29 is 19.1 Å². The molecular formula is C28H28N2O4S. The Morgan fingerprint density at radius 1 is 0.800 bits per heavy atom. The van der Waals surface area contributed by atoms with Crippen molar-refractivity contribution in [3.63, 3.8) is 0 Å². The number of hydrogen-bond donors (Lipinski definition) is 2. The quantitative estimate of drug-likeness (QED) is 0.376. The largest absolute Gasteiger partial charge is 0.454 e. The molecule has 1 heterocycles. The smallest absolute Gasteiger partial charge is 0.242 e. The second-order valence-corrected chi connectivity index (χ2v) is 10.00. The van der Waals surface area contributed by atoms with Gasteiger partial charge in [0.15, 0.2) is 11.5 Å². The minimum atomic E-state index is -0.481. The van der Waals surface area contributed by atoms with Crippen LogP contribution in [-0.4, -0.2) is 18.6 Å². The molecule has 0 bridgehead atoms. The van der Waals surface area contributed by atoms with E-state index in [0.717, 1.165) is 41.8 Å². The molecule has 1 unspecified atom stereocenters. The van der Waals surface area contributed by atoms with E-state index in [1.54, 1.807) is 18.2 Å². The van der Waals surface area contributed by atoms with E-state index >= 15 is 0 Å². The number of rotatable bonds is 7. The lowest BCUT2D eigenvalue weighted by Gasteiger charge is -2.21. The van der Waals surface area contributed by atoms with Crippen molar-refractivity contribution in [2.75, 3.05) is 17.4 Å². The maximum atomic E-state index is 13.4. The predicted molar refractivity (Wildman–Crippen MR) is 138 cm³/mol. The van der Waals surface area contributed by atoms with Crippen LogP contribution in [0.1, 0.15) is 42.9 Å². The van der Waals surface area contributed by atoms with E-state index in [1.165, 1.54) is 18.2 Å². The fourth-order valence-electron chi connectivity index (χ4n) is 4.48. The molecule has 1 aliphatic carbocycles. The standard InChI is InChI=1S/C28H28N2O4S/c31-27(20-10-5-2-6-11-20)29-21-12-7-13-23(16-21)35-26(19-8-3-1-4-9-19)28(32)30-22-14-15-24-25(17-22)34-18-33-24/h1,3-4,7-9,12-17,20,26H,2,5-6,10-11,18H2,(H,29,31)(H,30,32). The SMILES string of the molecule is O=C(Nc1cccc(SC(C(=O)Nc2ccc3c(c2)OCO3)c2ccccc2)c1)C1CCCCC1. The lowest BCUT2D eigenvalue weighted by atomic mass is 9.88. The van der Waals surface area contributed by atoms with Crippen LogP contribution < -0.4 is 20.1 Å². The molecule has 0 saturated heterocycles. The van der Waals surface area contributed by atoms with Gasteiger partial charge >= 0.3 is 0 Å². The van der Waals surface area contributed by atoms with Gasteiger partial charge in [-0.25, -0.2) is 0 Å². The molecule has 180 valence electrons. The van der Waals surface area contributed by atoms with E-state index in [1.807, 2.05) is 54.6 Å². The van der Waals surface area contributed by atoms with Gasteiger partial charge in [-0.2, -0.15) is 0 Å². The molecular weight excluding hydrogens is 460 g/mol. The average molecular weight is 489 g/mol. The monoisotopic (exact) mass is 488 g/mol. The summed E-state index contributed by atoms with van der Waals surface area (Å²) in [7, 11) is 0. The van der Waals surface area contributed by atoms with Crippen LogP contribution in [0.3, 0.4) is 0 Å². The van der Waals surface area contributed by atoms with Crippen molar-refractivity contribution >= 4 is 35.0 Å². The Bertz CT molecular complexity index is 1190. The first-order valence-electron chi connectivity index (χ1n) is 12.0. The number of thioether (sulfide) groups is 1. The topological polar surface area (TPSA) is 76.7 Å². The Kier molecular flexibility index (Phi) is 7.23. The molecule has 2 amide bonds. The fraction of sp³-hybridized carbons (Fsp3) is 0.286. The van der Waals surface area contributed by atoms with Crippen LogP contribution in [0.5, 0.6) is 11.5 Å². The van der Waals surface area contributed by atoms with Crippen LogP contribution >= 0.6 is 11.8 Å². The van der Waals surface area contributed by atoms with E-state index < -0.39 is 5.25 Å². The molecule has 2 aliphatic rings. The number of nitrogens with one attached hydrogen (secondary N) is 2.